The highest BCUT2D eigenvalue weighted by atomic mass is 16.2. The molecule has 0 aromatic heterocycles. The SMILES string of the molecule is CC(N)C(=O)NC([C]=O)C(C)C. The van der Waals surface area contributed by atoms with Gasteiger partial charge in [0.1, 0.15) is 0 Å². The fourth-order valence-corrected chi connectivity index (χ4v) is 0.617. The lowest BCUT2D eigenvalue weighted by Gasteiger charge is -2.16. The third kappa shape index (κ3) is 3.48. The van der Waals surface area contributed by atoms with Gasteiger partial charge in [0.15, 0.2) is 0 Å². The van der Waals surface area contributed by atoms with E-state index >= 15 is 0 Å². The van der Waals surface area contributed by atoms with Crippen molar-refractivity contribution in [1.82, 2.24) is 5.32 Å². The van der Waals surface area contributed by atoms with Crippen LogP contribution < -0.4 is 11.1 Å². The fraction of sp³-hybridized carbons (Fsp3) is 0.750. The largest absolute Gasteiger partial charge is 0.344 e. The number of hydrogen-bond acceptors (Lipinski definition) is 3. The molecule has 0 saturated carbocycles. The molecule has 0 aromatic rings. The lowest BCUT2D eigenvalue weighted by atomic mass is 10.1. The van der Waals surface area contributed by atoms with Crippen molar-refractivity contribution in [2.75, 3.05) is 0 Å². The summed E-state index contributed by atoms with van der Waals surface area (Å²) in [4.78, 5) is 21.3. The molecule has 0 fully saturated rings. The van der Waals surface area contributed by atoms with Gasteiger partial charge < -0.3 is 11.1 Å². The molecule has 12 heavy (non-hydrogen) atoms. The summed E-state index contributed by atoms with van der Waals surface area (Å²) in [5.74, 6) is -0.276. The number of nitrogens with two attached hydrogens (primary N) is 1. The second-order valence-electron chi connectivity index (χ2n) is 3.14. The van der Waals surface area contributed by atoms with Gasteiger partial charge in [0, 0.05) is 0 Å². The van der Waals surface area contributed by atoms with Gasteiger partial charge >= 0.3 is 0 Å². The summed E-state index contributed by atoms with van der Waals surface area (Å²) in [6.45, 7) is 5.23. The van der Waals surface area contributed by atoms with Crippen LogP contribution in [0.3, 0.4) is 0 Å². The van der Waals surface area contributed by atoms with Crippen LogP contribution in [0.1, 0.15) is 20.8 Å². The Hall–Kier alpha value is -0.900. The molecule has 0 bridgehead atoms. The third-order valence-corrected chi connectivity index (χ3v) is 1.50. The highest BCUT2D eigenvalue weighted by Crippen LogP contribution is 1.98. The number of carbonyl (C=O) groups is 1. The highest BCUT2D eigenvalue weighted by molar-refractivity contribution is 5.83. The first-order valence-electron chi connectivity index (χ1n) is 3.92. The highest BCUT2D eigenvalue weighted by Gasteiger charge is 2.17. The molecule has 3 N–H and O–H groups in total. The first-order chi connectivity index (χ1) is 5.49. The maximum atomic E-state index is 11.0. The van der Waals surface area contributed by atoms with Crippen molar-refractivity contribution in [2.45, 2.75) is 32.9 Å². The van der Waals surface area contributed by atoms with Crippen LogP contribution >= 0.6 is 0 Å². The number of amides is 1. The second kappa shape index (κ2) is 4.87. The molecule has 0 aliphatic rings. The normalized spacial score (nSPS) is 15.4. The van der Waals surface area contributed by atoms with E-state index in [0.29, 0.717) is 0 Å². The van der Waals surface area contributed by atoms with Crippen LogP contribution in [0.15, 0.2) is 0 Å². The average Bonchev–Trinajstić information content (AvgIpc) is 1.98. The second-order valence-corrected chi connectivity index (χ2v) is 3.14. The van der Waals surface area contributed by atoms with Gasteiger partial charge in [-0.1, -0.05) is 13.8 Å². The Morgan fingerprint density at radius 3 is 2.17 bits per heavy atom. The Kier molecular flexibility index (Phi) is 4.51. The van der Waals surface area contributed by atoms with Crippen LogP contribution in [0.5, 0.6) is 0 Å². The maximum absolute atomic E-state index is 11.0. The number of nitrogens with one attached hydrogen (secondary N) is 1. The molecule has 0 saturated heterocycles. The zero-order valence-electron chi connectivity index (χ0n) is 7.63. The number of hydrogen-bond donors (Lipinski definition) is 2. The molecule has 69 valence electrons. The molecule has 0 spiro atoms. The number of rotatable bonds is 4. The van der Waals surface area contributed by atoms with Crippen LogP contribution in [-0.4, -0.2) is 24.3 Å². The Labute approximate surface area is 72.5 Å². The first-order valence-corrected chi connectivity index (χ1v) is 3.92. The smallest absolute Gasteiger partial charge is 0.237 e. The summed E-state index contributed by atoms with van der Waals surface area (Å²) in [6, 6.07) is -1.14. The molecule has 2 atom stereocenters. The summed E-state index contributed by atoms with van der Waals surface area (Å²) in [5, 5.41) is 2.48. The van der Waals surface area contributed by atoms with Crippen LogP contribution in [0.25, 0.3) is 0 Å². The maximum Gasteiger partial charge on any atom is 0.237 e. The van der Waals surface area contributed by atoms with Crippen molar-refractivity contribution in [1.29, 1.82) is 0 Å². The molecule has 1 amide bonds. The molecular formula is C8H15N2O2. The minimum atomic E-state index is -0.584. The predicted octanol–water partition coefficient (Wildman–Crippen LogP) is -0.416. The molecule has 4 nitrogen and oxygen atoms in total. The van der Waals surface area contributed by atoms with Gasteiger partial charge in [-0.15, -0.1) is 0 Å². The molecule has 0 aliphatic heterocycles. The molecule has 0 rings (SSSR count). The van der Waals surface area contributed by atoms with Crippen LogP contribution in [-0.2, 0) is 9.59 Å². The van der Waals surface area contributed by atoms with Gasteiger partial charge in [-0.3, -0.25) is 9.59 Å². The van der Waals surface area contributed by atoms with E-state index in [1.165, 1.54) is 0 Å². The Bertz CT molecular complexity index is 166. The molecule has 4 heteroatoms. The lowest BCUT2D eigenvalue weighted by Crippen LogP contribution is -2.46. The summed E-state index contributed by atoms with van der Waals surface area (Å²) in [5.41, 5.74) is 5.30. The van der Waals surface area contributed by atoms with Crippen LogP contribution in [0.4, 0.5) is 0 Å². The van der Waals surface area contributed by atoms with E-state index in [1.54, 1.807) is 13.2 Å². The van der Waals surface area contributed by atoms with Crippen molar-refractivity contribution < 1.29 is 9.59 Å². The predicted molar refractivity (Wildman–Crippen MR) is 46.1 cm³/mol. The Morgan fingerprint density at radius 1 is 1.42 bits per heavy atom. The average molecular weight is 171 g/mol. The van der Waals surface area contributed by atoms with Crippen LogP contribution in [0.2, 0.25) is 0 Å². The van der Waals surface area contributed by atoms with Crippen molar-refractivity contribution >= 4 is 12.2 Å². The topological polar surface area (TPSA) is 72.2 Å². The molecule has 0 aromatic carbocycles. The van der Waals surface area contributed by atoms with Gasteiger partial charge in [-0.25, -0.2) is 0 Å². The van der Waals surface area contributed by atoms with E-state index in [1.807, 2.05) is 13.8 Å². The van der Waals surface area contributed by atoms with Gasteiger partial charge in [0.05, 0.1) is 12.1 Å². The zero-order chi connectivity index (χ0) is 9.72. The molecule has 2 unspecified atom stereocenters. The van der Waals surface area contributed by atoms with E-state index in [0.717, 1.165) is 0 Å². The van der Waals surface area contributed by atoms with Crippen molar-refractivity contribution in [3.63, 3.8) is 0 Å². The molecule has 0 aliphatic carbocycles. The van der Waals surface area contributed by atoms with Crippen molar-refractivity contribution in [2.24, 2.45) is 11.7 Å². The van der Waals surface area contributed by atoms with E-state index in [9.17, 15) is 9.59 Å². The summed E-state index contributed by atoms with van der Waals surface area (Å²) >= 11 is 0. The van der Waals surface area contributed by atoms with E-state index in [2.05, 4.69) is 5.32 Å². The third-order valence-electron chi connectivity index (χ3n) is 1.50. The first kappa shape index (κ1) is 11.1. The monoisotopic (exact) mass is 171 g/mol. The minimum Gasteiger partial charge on any atom is -0.344 e. The molecule has 1 radical (unpaired) electrons. The Morgan fingerprint density at radius 2 is 1.92 bits per heavy atom. The van der Waals surface area contributed by atoms with Crippen molar-refractivity contribution in [3.8, 4) is 0 Å². The van der Waals surface area contributed by atoms with Gasteiger partial charge in [-0.2, -0.15) is 0 Å². The minimum absolute atomic E-state index is 0.0465. The standard InChI is InChI=1S/C8H15N2O2/c1-5(2)7(4-11)10-8(12)6(3)9/h5-7H,9H2,1-3H3,(H,10,12). The quantitative estimate of drug-likeness (QED) is 0.603. The fourth-order valence-electron chi connectivity index (χ4n) is 0.617. The number of carbonyl (C=O) groups excluding carboxylic acids is 2. The molecular weight excluding hydrogens is 156 g/mol. The summed E-state index contributed by atoms with van der Waals surface area (Å²) in [6.07, 6.45) is 1.75. The van der Waals surface area contributed by atoms with E-state index < -0.39 is 12.1 Å². The zero-order valence-corrected chi connectivity index (χ0v) is 7.63. The van der Waals surface area contributed by atoms with Gasteiger partial charge in [0.25, 0.3) is 0 Å². The van der Waals surface area contributed by atoms with E-state index in [-0.39, 0.29) is 11.8 Å². The van der Waals surface area contributed by atoms with Crippen LogP contribution in [0, 0.1) is 5.92 Å². The van der Waals surface area contributed by atoms with Gasteiger partial charge in [0.2, 0.25) is 12.2 Å². The van der Waals surface area contributed by atoms with Gasteiger partial charge in [-0.05, 0) is 12.8 Å². The summed E-state index contributed by atoms with van der Waals surface area (Å²) in [7, 11) is 0. The lowest BCUT2D eigenvalue weighted by molar-refractivity contribution is -0.122. The van der Waals surface area contributed by atoms with Crippen molar-refractivity contribution in [3.05, 3.63) is 0 Å². The van der Waals surface area contributed by atoms with E-state index in [4.69, 9.17) is 5.73 Å². The Balaban J connectivity index is 4.03. The molecule has 0 heterocycles. The summed E-state index contributed by atoms with van der Waals surface area (Å²) < 4.78 is 0.